The van der Waals surface area contributed by atoms with Crippen molar-refractivity contribution in [1.82, 2.24) is 0 Å². The van der Waals surface area contributed by atoms with E-state index in [-0.39, 0.29) is 9.77 Å². The number of anilines is 1. The number of ether oxygens (including phenoxy) is 1. The van der Waals surface area contributed by atoms with Gasteiger partial charge in [0.1, 0.15) is 9.77 Å². The first-order valence-electron chi connectivity index (χ1n) is 7.25. The quantitative estimate of drug-likeness (QED) is 0.509. The topological polar surface area (TPSA) is 116 Å². The molecule has 0 saturated carbocycles. The molecule has 0 aliphatic heterocycles. The molecule has 0 aliphatic carbocycles. The summed E-state index contributed by atoms with van der Waals surface area (Å²) in [5.74, 6) is -4.23. The van der Waals surface area contributed by atoms with E-state index >= 15 is 0 Å². The van der Waals surface area contributed by atoms with Gasteiger partial charge in [0.15, 0.2) is 6.10 Å². The van der Waals surface area contributed by atoms with Gasteiger partial charge in [0.25, 0.3) is 11.7 Å². The van der Waals surface area contributed by atoms with Crippen molar-refractivity contribution >= 4 is 50.7 Å². The fraction of sp³-hybridized carbons (Fsp3) is 0.200. The van der Waals surface area contributed by atoms with Crippen LogP contribution in [0.15, 0.2) is 45.5 Å². The molecule has 2 aromatic rings. The zero-order chi connectivity index (χ0) is 20.2. The van der Waals surface area contributed by atoms with Crippen LogP contribution in [-0.4, -0.2) is 32.2 Å². The van der Waals surface area contributed by atoms with E-state index in [1.54, 1.807) is 0 Å². The summed E-state index contributed by atoms with van der Waals surface area (Å²) in [6, 6.07) is 6.84. The molecule has 7 nitrogen and oxygen atoms in total. The minimum absolute atomic E-state index is 0.231. The Bertz CT molecular complexity index is 929. The summed E-state index contributed by atoms with van der Waals surface area (Å²) in [5, 5.41) is 8.84. The lowest BCUT2D eigenvalue weighted by atomic mass is 10.3. The Morgan fingerprint density at radius 2 is 1.85 bits per heavy atom. The van der Waals surface area contributed by atoms with Crippen LogP contribution in [0.5, 0.6) is 0 Å². The van der Waals surface area contributed by atoms with E-state index < -0.39 is 33.8 Å². The molecule has 0 bridgehead atoms. The van der Waals surface area contributed by atoms with Crippen LogP contribution in [0.1, 0.15) is 16.6 Å². The first-order chi connectivity index (χ1) is 12.6. The number of hydrogen-bond acceptors (Lipinski definition) is 7. The summed E-state index contributed by atoms with van der Waals surface area (Å²) >= 11 is 1.19. The molecule has 0 radical (unpaired) electrons. The number of rotatable bonds is 7. The summed E-state index contributed by atoms with van der Waals surface area (Å²) in [7, 11) is -4.10. The fourth-order valence-corrected chi connectivity index (χ4v) is 4.25. The standard InChI is InChI=1S/C15H14F2N2O5S3/c1-8(24-14(21)12-11(6-7-25-12)27(18,22)23)13(20)19-9-2-4-10(5-3-9)26-15(16)17/h2-8,15H,1H3,(H,19,20)(H2,18,22,23)/t8-/m0/s1. The van der Waals surface area contributed by atoms with E-state index in [1.807, 2.05) is 0 Å². The van der Waals surface area contributed by atoms with E-state index in [2.05, 4.69) is 5.32 Å². The number of carbonyl (C=O) groups is 2. The summed E-state index contributed by atoms with van der Waals surface area (Å²) in [4.78, 5) is 23.9. The zero-order valence-corrected chi connectivity index (χ0v) is 16.2. The highest BCUT2D eigenvalue weighted by atomic mass is 32.2. The van der Waals surface area contributed by atoms with Gasteiger partial charge in [-0.05, 0) is 42.6 Å². The van der Waals surface area contributed by atoms with Crippen LogP contribution >= 0.6 is 23.1 Å². The Balaban J connectivity index is 1.99. The molecule has 0 unspecified atom stereocenters. The normalized spacial score (nSPS) is 12.6. The summed E-state index contributed by atoms with van der Waals surface area (Å²) < 4.78 is 52.4. The second-order valence-electron chi connectivity index (χ2n) is 5.10. The minimum atomic E-state index is -4.10. The molecule has 0 spiro atoms. The van der Waals surface area contributed by atoms with E-state index in [9.17, 15) is 26.8 Å². The van der Waals surface area contributed by atoms with Crippen molar-refractivity contribution in [2.45, 2.75) is 28.6 Å². The Morgan fingerprint density at radius 3 is 2.41 bits per heavy atom. The van der Waals surface area contributed by atoms with Gasteiger partial charge in [-0.2, -0.15) is 8.78 Å². The molecule has 146 valence electrons. The minimum Gasteiger partial charge on any atom is -0.448 e. The predicted molar refractivity (Wildman–Crippen MR) is 97.5 cm³/mol. The zero-order valence-electron chi connectivity index (χ0n) is 13.7. The number of hydrogen-bond donors (Lipinski definition) is 2. The van der Waals surface area contributed by atoms with Crippen LogP contribution in [0.25, 0.3) is 0 Å². The van der Waals surface area contributed by atoms with Crippen molar-refractivity contribution in [2.75, 3.05) is 5.32 Å². The molecule has 1 aromatic carbocycles. The van der Waals surface area contributed by atoms with Gasteiger partial charge in [-0.1, -0.05) is 11.8 Å². The molecule has 0 fully saturated rings. The lowest BCUT2D eigenvalue weighted by Crippen LogP contribution is -2.30. The average molecular weight is 436 g/mol. The molecule has 1 aromatic heterocycles. The average Bonchev–Trinajstić information content (AvgIpc) is 3.06. The van der Waals surface area contributed by atoms with Crippen LogP contribution in [0, 0.1) is 0 Å². The maximum absolute atomic E-state index is 12.3. The predicted octanol–water partition coefficient (Wildman–Crippen LogP) is 2.89. The molecule has 1 atom stereocenters. The number of benzene rings is 1. The number of amides is 1. The van der Waals surface area contributed by atoms with E-state index in [0.717, 1.165) is 11.3 Å². The number of primary sulfonamides is 1. The highest BCUT2D eigenvalue weighted by Gasteiger charge is 2.25. The number of carbonyl (C=O) groups excluding carboxylic acids is 2. The van der Waals surface area contributed by atoms with Gasteiger partial charge in [0, 0.05) is 10.6 Å². The maximum Gasteiger partial charge on any atom is 0.350 e. The largest absolute Gasteiger partial charge is 0.448 e. The highest BCUT2D eigenvalue weighted by Crippen LogP contribution is 2.26. The number of esters is 1. The number of halogens is 2. The Labute approximate surface area is 161 Å². The second kappa shape index (κ2) is 8.78. The van der Waals surface area contributed by atoms with Crippen LogP contribution in [0.3, 0.4) is 0 Å². The third-order valence-corrected chi connectivity index (χ3v) is 5.82. The molecule has 1 heterocycles. The van der Waals surface area contributed by atoms with Crippen LogP contribution in [-0.2, 0) is 19.6 Å². The van der Waals surface area contributed by atoms with Gasteiger partial charge in [-0.25, -0.2) is 18.4 Å². The smallest absolute Gasteiger partial charge is 0.350 e. The second-order valence-corrected chi connectivity index (χ2v) is 8.61. The Kier molecular flexibility index (Phi) is 6.92. The van der Waals surface area contributed by atoms with Crippen molar-refractivity contribution < 1.29 is 31.5 Å². The first kappa shape index (κ1) is 21.3. The number of thiophene rings is 1. The van der Waals surface area contributed by atoms with Gasteiger partial charge >= 0.3 is 5.97 Å². The van der Waals surface area contributed by atoms with Crippen molar-refractivity contribution in [2.24, 2.45) is 5.14 Å². The molecular weight excluding hydrogens is 422 g/mol. The first-order valence-corrected chi connectivity index (χ1v) is 10.6. The number of thioether (sulfide) groups is 1. The molecular formula is C15H14F2N2O5S3. The Hall–Kier alpha value is -2.02. The van der Waals surface area contributed by atoms with Crippen molar-refractivity contribution in [3.8, 4) is 0 Å². The van der Waals surface area contributed by atoms with Gasteiger partial charge in [-0.3, -0.25) is 4.79 Å². The monoisotopic (exact) mass is 436 g/mol. The van der Waals surface area contributed by atoms with Crippen molar-refractivity contribution in [3.63, 3.8) is 0 Å². The van der Waals surface area contributed by atoms with Crippen LogP contribution < -0.4 is 10.5 Å². The lowest BCUT2D eigenvalue weighted by Gasteiger charge is -2.13. The number of nitrogens with two attached hydrogens (primary N) is 1. The lowest BCUT2D eigenvalue weighted by molar-refractivity contribution is -0.123. The molecule has 3 N–H and O–H groups in total. The summed E-state index contributed by atoms with van der Waals surface area (Å²) in [5.41, 5.74) is 0.322. The van der Waals surface area contributed by atoms with E-state index in [0.29, 0.717) is 22.3 Å². The molecule has 12 heteroatoms. The van der Waals surface area contributed by atoms with Crippen molar-refractivity contribution in [3.05, 3.63) is 40.6 Å². The van der Waals surface area contributed by atoms with Crippen molar-refractivity contribution in [1.29, 1.82) is 0 Å². The molecule has 0 saturated heterocycles. The molecule has 27 heavy (non-hydrogen) atoms. The van der Waals surface area contributed by atoms with Gasteiger partial charge in [0.05, 0.1) is 0 Å². The fourth-order valence-electron chi connectivity index (χ4n) is 1.90. The van der Waals surface area contributed by atoms with Gasteiger partial charge in [-0.15, -0.1) is 11.3 Å². The summed E-state index contributed by atoms with van der Waals surface area (Å²) in [6.07, 6.45) is -1.23. The highest BCUT2D eigenvalue weighted by molar-refractivity contribution is 7.99. The third-order valence-electron chi connectivity index (χ3n) is 3.12. The summed E-state index contributed by atoms with van der Waals surface area (Å²) in [6.45, 7) is 1.30. The van der Waals surface area contributed by atoms with Crippen LogP contribution in [0.4, 0.5) is 14.5 Å². The van der Waals surface area contributed by atoms with Gasteiger partial charge in [0.2, 0.25) is 10.0 Å². The molecule has 0 aliphatic rings. The molecule has 1 amide bonds. The Morgan fingerprint density at radius 1 is 1.22 bits per heavy atom. The number of sulfonamides is 1. The maximum atomic E-state index is 12.3. The third kappa shape index (κ3) is 5.99. The van der Waals surface area contributed by atoms with E-state index in [1.165, 1.54) is 42.6 Å². The SMILES string of the molecule is C[C@H](OC(=O)c1sccc1S(N)(=O)=O)C(=O)Nc1ccc(SC(F)F)cc1. The number of nitrogens with one attached hydrogen (secondary N) is 1. The van der Waals surface area contributed by atoms with Gasteiger partial charge < -0.3 is 10.1 Å². The van der Waals surface area contributed by atoms with E-state index in [4.69, 9.17) is 9.88 Å². The van der Waals surface area contributed by atoms with Crippen LogP contribution in [0.2, 0.25) is 0 Å². The number of alkyl halides is 2. The molecule has 2 rings (SSSR count).